The molecule has 3 aliphatic heterocycles. The molecule has 3 N–H and O–H groups in total. The Balaban J connectivity index is 1.20. The summed E-state index contributed by atoms with van der Waals surface area (Å²) in [6.45, 7) is 6.97. The van der Waals surface area contributed by atoms with Crippen molar-refractivity contribution in [3.05, 3.63) is 138 Å². The number of aliphatic hydroxyl groups excluding tert-OH is 1. The number of esters is 1. The van der Waals surface area contributed by atoms with Crippen molar-refractivity contribution in [1.29, 1.82) is 0 Å². The van der Waals surface area contributed by atoms with Gasteiger partial charge in [0.1, 0.15) is 30.8 Å². The van der Waals surface area contributed by atoms with Gasteiger partial charge in [0.05, 0.1) is 31.8 Å². The number of ketones is 1. The lowest BCUT2D eigenvalue weighted by Gasteiger charge is -2.40. The van der Waals surface area contributed by atoms with Gasteiger partial charge in [0.2, 0.25) is 41.2 Å². The second kappa shape index (κ2) is 32.4. The van der Waals surface area contributed by atoms with Crippen LogP contribution in [-0.4, -0.2) is 175 Å². The minimum absolute atomic E-state index is 0.0227. The normalized spacial score (nSPS) is 24.2. The first-order valence-electron chi connectivity index (χ1n) is 31.1. The van der Waals surface area contributed by atoms with E-state index in [0.29, 0.717) is 73.3 Å². The number of piperidine rings is 1. The summed E-state index contributed by atoms with van der Waals surface area (Å²) in [6.07, 6.45) is 3.25. The molecule has 4 aromatic carbocycles. The molecule has 484 valence electrons. The van der Waals surface area contributed by atoms with Crippen molar-refractivity contribution in [2.45, 2.75) is 147 Å². The lowest BCUT2D eigenvalue weighted by Crippen LogP contribution is -2.58. The maximum atomic E-state index is 15.2. The summed E-state index contributed by atoms with van der Waals surface area (Å²) in [6, 6.07) is 24.8. The van der Waals surface area contributed by atoms with Gasteiger partial charge in [-0.1, -0.05) is 98.8 Å². The Morgan fingerprint density at radius 3 is 2.03 bits per heavy atom. The molecule has 90 heavy (non-hydrogen) atoms. The summed E-state index contributed by atoms with van der Waals surface area (Å²) in [5.41, 5.74) is 1.46. The molecular weight excluding hydrogens is 1150 g/mol. The third kappa shape index (κ3) is 18.1. The van der Waals surface area contributed by atoms with Gasteiger partial charge in [-0.2, -0.15) is 0 Å². The van der Waals surface area contributed by atoms with E-state index in [1.54, 1.807) is 74.8 Å². The van der Waals surface area contributed by atoms with Crippen LogP contribution in [0.25, 0.3) is 0 Å². The van der Waals surface area contributed by atoms with Crippen LogP contribution >= 0.6 is 0 Å². The SMILES string of the molecule is COc1ccc(CC[C@H]2OC(O)C3CCCCN3C(=O)C(=O)C(C)(C)COC(=O)/C=C/CCN(C)C(=O)[C@H](CC(C)C)N(C)C(=O)C3CCCN3C(=O)[C@H](Cc3ccccc3)N(C)C(=O)[C@H](c3ccccc3)NC(=O)CCC(=O)Nc3cccc2c3)cc1OC. The molecular formula is C69H89N7O14. The number of hydrogen-bond acceptors (Lipinski definition) is 14. The van der Waals surface area contributed by atoms with Crippen LogP contribution in [0.2, 0.25) is 0 Å². The summed E-state index contributed by atoms with van der Waals surface area (Å²) in [5.74, 6) is -4.47. The Kier molecular flexibility index (Phi) is 24.8. The smallest absolute Gasteiger partial charge is 0.330 e. The molecule has 3 unspecified atom stereocenters. The molecule has 2 saturated heterocycles. The summed E-state index contributed by atoms with van der Waals surface area (Å²) in [4.78, 5) is 136. The van der Waals surface area contributed by atoms with Crippen LogP contribution in [0.1, 0.15) is 126 Å². The van der Waals surface area contributed by atoms with Crippen molar-refractivity contribution < 1.29 is 67.2 Å². The zero-order chi connectivity index (χ0) is 65.2. The molecule has 7 rings (SSSR count). The Hall–Kier alpha value is -8.43. The average molecular weight is 1240 g/mol. The fourth-order valence-electron chi connectivity index (χ4n) is 11.8. The van der Waals surface area contributed by atoms with Gasteiger partial charge in [-0.3, -0.25) is 38.4 Å². The van der Waals surface area contributed by atoms with Gasteiger partial charge in [0.25, 0.3) is 5.91 Å². The number of carbonyl (C=O) groups excluding carboxylic acids is 9. The van der Waals surface area contributed by atoms with Crippen molar-refractivity contribution in [1.82, 2.24) is 29.8 Å². The van der Waals surface area contributed by atoms with E-state index in [1.807, 2.05) is 56.3 Å². The number of ether oxygens (including phenoxy) is 4. The van der Waals surface area contributed by atoms with Gasteiger partial charge in [-0.05, 0) is 124 Å². The van der Waals surface area contributed by atoms with Crippen LogP contribution in [0.15, 0.2) is 115 Å². The number of benzene rings is 4. The predicted octanol–water partition coefficient (Wildman–Crippen LogP) is 7.16. The number of hydrogen-bond donors (Lipinski definition) is 3. The maximum absolute atomic E-state index is 15.2. The minimum atomic E-state index is -1.59. The van der Waals surface area contributed by atoms with Crippen molar-refractivity contribution in [3.8, 4) is 11.5 Å². The van der Waals surface area contributed by atoms with Crippen LogP contribution < -0.4 is 20.1 Å². The fourth-order valence-corrected chi connectivity index (χ4v) is 11.8. The molecule has 7 atom stereocenters. The molecule has 2 fully saturated rings. The fraction of sp³-hybridized carbons (Fsp3) is 0.493. The zero-order valence-corrected chi connectivity index (χ0v) is 53.4. The van der Waals surface area contributed by atoms with Crippen LogP contribution in [0, 0.1) is 11.3 Å². The molecule has 21 nitrogen and oxygen atoms in total. The van der Waals surface area contributed by atoms with Crippen molar-refractivity contribution in [2.75, 3.05) is 66.9 Å². The first-order chi connectivity index (χ1) is 43.0. The highest BCUT2D eigenvalue weighted by molar-refractivity contribution is 6.38. The third-order valence-corrected chi connectivity index (χ3v) is 17.0. The average Bonchev–Trinajstić information content (AvgIpc) is 1.52. The van der Waals surface area contributed by atoms with Gasteiger partial charge in [-0.15, -0.1) is 0 Å². The molecule has 21 heteroatoms. The van der Waals surface area contributed by atoms with Gasteiger partial charge in [0, 0.05) is 71.8 Å². The number of Topliss-reactive ketones (excluding diaryl/α,β-unsaturated/α-hetero) is 1. The second-order valence-electron chi connectivity index (χ2n) is 24.6. The highest BCUT2D eigenvalue weighted by Gasteiger charge is 2.45. The predicted molar refractivity (Wildman–Crippen MR) is 337 cm³/mol. The number of likely N-dealkylation sites (N-methyl/N-ethyl adjacent to an activating group) is 3. The molecule has 0 saturated carbocycles. The lowest BCUT2D eigenvalue weighted by atomic mass is 9.87. The van der Waals surface area contributed by atoms with E-state index in [-0.39, 0.29) is 63.6 Å². The number of cyclic esters (lactones) is 1. The molecule has 4 aromatic rings. The van der Waals surface area contributed by atoms with Gasteiger partial charge in [0.15, 0.2) is 17.8 Å². The van der Waals surface area contributed by atoms with Crippen molar-refractivity contribution in [3.63, 3.8) is 0 Å². The number of methoxy groups -OCH3 is 2. The summed E-state index contributed by atoms with van der Waals surface area (Å²) < 4.78 is 23.1. The van der Waals surface area contributed by atoms with E-state index in [4.69, 9.17) is 18.9 Å². The minimum Gasteiger partial charge on any atom is -0.493 e. The summed E-state index contributed by atoms with van der Waals surface area (Å²) >= 11 is 0. The first-order valence-corrected chi connectivity index (χ1v) is 31.1. The van der Waals surface area contributed by atoms with Crippen LogP contribution in [-0.2, 0) is 65.5 Å². The molecule has 3 aliphatic rings. The molecule has 2 bridgehead atoms. The van der Waals surface area contributed by atoms with Crippen LogP contribution in [0.5, 0.6) is 11.5 Å². The number of fused-ring (bicyclic) bond motifs is 4. The monoisotopic (exact) mass is 1240 g/mol. The molecule has 0 aliphatic carbocycles. The molecule has 0 radical (unpaired) electrons. The number of nitrogens with zero attached hydrogens (tertiary/aromatic N) is 5. The Morgan fingerprint density at radius 2 is 1.33 bits per heavy atom. The number of aliphatic hydroxyl groups is 1. The van der Waals surface area contributed by atoms with E-state index in [9.17, 15) is 38.7 Å². The standard InChI is InChI=1S/C69H89N7O14/c1-45(2)40-53-63(81)72(5)37-18-17-30-60(79)89-44-69(3,4)62(80)67(85)76-38-19-16-28-52(76)68(86)90-55(33-31-47-32-34-56(87-8)57(42-47)88-9)49-26-20-27-50(43-49)70-58(77)35-36-59(78)71-61(48-24-14-11-15-25-48)66(84)74(7)54(41-46-22-12-10-13-23-46)65(83)75-39-21-29-51(75)64(82)73(53)6/h10-15,17,20,22-27,30,32,34,42-43,45,51-55,61,68,86H,16,18-19,21,28-29,31,33,35-41,44H2,1-9H3,(H,70,77)(H,71,78)/b30-17+/t51?,52?,53-,54-,55+,61-,68?/m0/s1. The van der Waals surface area contributed by atoms with Crippen LogP contribution in [0.3, 0.4) is 0 Å². The summed E-state index contributed by atoms with van der Waals surface area (Å²) in [5, 5.41) is 17.8. The van der Waals surface area contributed by atoms with E-state index in [2.05, 4.69) is 10.6 Å². The number of amides is 7. The van der Waals surface area contributed by atoms with E-state index >= 15 is 9.59 Å². The highest BCUT2D eigenvalue weighted by atomic mass is 16.6. The van der Waals surface area contributed by atoms with E-state index in [1.165, 1.54) is 71.8 Å². The van der Waals surface area contributed by atoms with E-state index in [0.717, 1.165) is 11.1 Å². The largest absolute Gasteiger partial charge is 0.493 e. The Bertz CT molecular complexity index is 3190. The molecule has 0 aromatic heterocycles. The second-order valence-corrected chi connectivity index (χ2v) is 24.6. The summed E-state index contributed by atoms with van der Waals surface area (Å²) in [7, 11) is 7.74. The van der Waals surface area contributed by atoms with Crippen molar-refractivity contribution >= 4 is 58.8 Å². The van der Waals surface area contributed by atoms with Gasteiger partial charge >= 0.3 is 5.97 Å². The number of carbonyl (C=O) groups is 9. The van der Waals surface area contributed by atoms with Crippen molar-refractivity contribution in [2.24, 2.45) is 11.3 Å². The first kappa shape index (κ1) is 69.1. The van der Waals surface area contributed by atoms with Gasteiger partial charge in [-0.25, -0.2) is 4.79 Å². The Labute approximate surface area is 528 Å². The Morgan fingerprint density at radius 1 is 0.667 bits per heavy atom. The molecule has 3 heterocycles. The quantitative estimate of drug-likeness (QED) is 0.105. The molecule has 7 amide bonds. The number of anilines is 1. The van der Waals surface area contributed by atoms with Gasteiger partial charge < -0.3 is 59.2 Å². The highest BCUT2D eigenvalue weighted by Crippen LogP contribution is 2.34. The zero-order valence-electron chi connectivity index (χ0n) is 53.4. The number of rotatable bonds is 10. The number of nitrogens with one attached hydrogen (secondary N) is 2. The topological polar surface area (TPSA) is 251 Å². The third-order valence-electron chi connectivity index (χ3n) is 17.0. The maximum Gasteiger partial charge on any atom is 0.330 e. The number of aryl methyl sites for hydroxylation is 1. The van der Waals surface area contributed by atoms with E-state index < -0.39 is 102 Å². The van der Waals surface area contributed by atoms with Crippen LogP contribution in [0.4, 0.5) is 5.69 Å². The lowest BCUT2D eigenvalue weighted by molar-refractivity contribution is -0.188. The molecule has 0 spiro atoms.